The lowest BCUT2D eigenvalue weighted by Crippen LogP contribution is -2.38. The van der Waals surface area contributed by atoms with Gasteiger partial charge in [0, 0.05) is 6.42 Å². The summed E-state index contributed by atoms with van der Waals surface area (Å²) in [6.07, 6.45) is -6.17. The quantitative estimate of drug-likeness (QED) is 0.841. The molecule has 0 radical (unpaired) electrons. The van der Waals surface area contributed by atoms with E-state index < -0.39 is 24.7 Å². The lowest BCUT2D eigenvalue weighted by molar-refractivity contribution is -0.153. The number of nitrogens with two attached hydrogens (primary N) is 1. The Kier molecular flexibility index (Phi) is 3.93. The van der Waals surface area contributed by atoms with Crippen LogP contribution >= 0.6 is 0 Å². The summed E-state index contributed by atoms with van der Waals surface area (Å²) in [4.78, 5) is 0. The number of hydrogen-bond donors (Lipinski definition) is 2. The summed E-state index contributed by atoms with van der Waals surface area (Å²) in [7, 11) is 0. The third kappa shape index (κ3) is 3.50. The summed E-state index contributed by atoms with van der Waals surface area (Å²) in [5.41, 5.74) is 6.37. The average molecular weight is 233 g/mol. The van der Waals surface area contributed by atoms with Crippen molar-refractivity contribution in [3.8, 4) is 0 Å². The summed E-state index contributed by atoms with van der Waals surface area (Å²) in [6, 6.07) is 4.67. The van der Waals surface area contributed by atoms with Crippen molar-refractivity contribution >= 4 is 0 Å². The molecule has 5 heteroatoms. The predicted molar refractivity (Wildman–Crippen MR) is 54.8 cm³/mol. The van der Waals surface area contributed by atoms with Crippen LogP contribution in [0.15, 0.2) is 24.3 Å². The van der Waals surface area contributed by atoms with Gasteiger partial charge in [0.15, 0.2) is 0 Å². The van der Waals surface area contributed by atoms with Crippen LogP contribution in [0.2, 0.25) is 0 Å². The van der Waals surface area contributed by atoms with Crippen molar-refractivity contribution in [2.75, 3.05) is 0 Å². The van der Waals surface area contributed by atoms with Gasteiger partial charge >= 0.3 is 6.18 Å². The van der Waals surface area contributed by atoms with Crippen molar-refractivity contribution in [2.24, 2.45) is 5.73 Å². The molecule has 3 N–H and O–H groups in total. The topological polar surface area (TPSA) is 46.2 Å². The lowest BCUT2D eigenvalue weighted by atomic mass is 10.0. The van der Waals surface area contributed by atoms with E-state index in [9.17, 15) is 18.3 Å². The van der Waals surface area contributed by atoms with Crippen molar-refractivity contribution < 1.29 is 18.3 Å². The first kappa shape index (κ1) is 13.0. The van der Waals surface area contributed by atoms with E-state index in [2.05, 4.69) is 0 Å². The second kappa shape index (κ2) is 4.84. The fourth-order valence-corrected chi connectivity index (χ4v) is 1.30. The van der Waals surface area contributed by atoms with Crippen LogP contribution in [0.1, 0.15) is 23.7 Å². The molecule has 1 aromatic rings. The van der Waals surface area contributed by atoms with Crippen LogP contribution in [-0.4, -0.2) is 17.3 Å². The number of aliphatic hydroxyl groups is 1. The molecule has 2 atom stereocenters. The molecule has 0 spiro atoms. The van der Waals surface area contributed by atoms with Crippen LogP contribution in [0, 0.1) is 6.92 Å². The standard InChI is InChI=1S/C11H14F3NO/c1-7-2-4-8(5-3-7)9(16)6-10(15)11(12,13)14/h2-5,9-10,16H,6,15H2,1H3/t9-,10-/m0/s1. The van der Waals surface area contributed by atoms with Gasteiger partial charge in [-0.3, -0.25) is 0 Å². The van der Waals surface area contributed by atoms with Gasteiger partial charge in [-0.1, -0.05) is 29.8 Å². The SMILES string of the molecule is Cc1ccc([C@@H](O)C[C@H](N)C(F)(F)F)cc1. The molecule has 0 saturated carbocycles. The number of benzene rings is 1. The number of hydrogen-bond acceptors (Lipinski definition) is 2. The first-order valence-electron chi connectivity index (χ1n) is 4.87. The summed E-state index contributed by atoms with van der Waals surface area (Å²) in [5, 5.41) is 9.57. The Labute approximate surface area is 91.9 Å². The molecule has 2 nitrogen and oxygen atoms in total. The summed E-state index contributed by atoms with van der Waals surface area (Å²) < 4.78 is 36.5. The summed E-state index contributed by atoms with van der Waals surface area (Å²) in [6.45, 7) is 1.86. The lowest BCUT2D eigenvalue weighted by Gasteiger charge is -2.19. The third-order valence-electron chi connectivity index (χ3n) is 2.36. The van der Waals surface area contributed by atoms with Gasteiger partial charge in [-0.05, 0) is 12.5 Å². The van der Waals surface area contributed by atoms with E-state index in [1.807, 2.05) is 6.92 Å². The fourth-order valence-electron chi connectivity index (χ4n) is 1.30. The van der Waals surface area contributed by atoms with Gasteiger partial charge in [0.1, 0.15) is 6.04 Å². The Bertz CT molecular complexity index is 334. The minimum absolute atomic E-state index is 0.449. The van der Waals surface area contributed by atoms with E-state index in [0.29, 0.717) is 5.56 Å². The molecule has 0 bridgehead atoms. The zero-order chi connectivity index (χ0) is 12.3. The van der Waals surface area contributed by atoms with E-state index in [0.717, 1.165) is 5.56 Å². The molecular formula is C11H14F3NO. The molecule has 0 heterocycles. The number of halogens is 3. The normalized spacial score (nSPS) is 15.9. The number of alkyl halides is 3. The van der Waals surface area contributed by atoms with E-state index >= 15 is 0 Å². The van der Waals surface area contributed by atoms with Crippen LogP contribution in [0.5, 0.6) is 0 Å². The van der Waals surface area contributed by atoms with Crippen LogP contribution in [0.4, 0.5) is 13.2 Å². The van der Waals surface area contributed by atoms with Crippen molar-refractivity contribution in [3.63, 3.8) is 0 Å². The minimum Gasteiger partial charge on any atom is -0.388 e. The van der Waals surface area contributed by atoms with Gasteiger partial charge in [0.25, 0.3) is 0 Å². The third-order valence-corrected chi connectivity index (χ3v) is 2.36. The highest BCUT2D eigenvalue weighted by Gasteiger charge is 2.37. The fraction of sp³-hybridized carbons (Fsp3) is 0.455. The smallest absolute Gasteiger partial charge is 0.388 e. The van der Waals surface area contributed by atoms with Crippen LogP contribution in [0.25, 0.3) is 0 Å². The molecule has 16 heavy (non-hydrogen) atoms. The molecule has 0 aliphatic carbocycles. The molecule has 0 aliphatic heterocycles. The Morgan fingerprint density at radius 3 is 2.19 bits per heavy atom. The van der Waals surface area contributed by atoms with Crippen molar-refractivity contribution in [1.29, 1.82) is 0 Å². The maximum absolute atomic E-state index is 12.2. The zero-order valence-corrected chi connectivity index (χ0v) is 8.83. The van der Waals surface area contributed by atoms with E-state index in [4.69, 9.17) is 5.73 Å². The van der Waals surface area contributed by atoms with Crippen LogP contribution in [-0.2, 0) is 0 Å². The largest absolute Gasteiger partial charge is 0.403 e. The zero-order valence-electron chi connectivity index (χ0n) is 8.83. The Hall–Kier alpha value is -1.07. The molecular weight excluding hydrogens is 219 g/mol. The van der Waals surface area contributed by atoms with E-state index in [-0.39, 0.29) is 0 Å². The van der Waals surface area contributed by atoms with Crippen molar-refractivity contribution in [3.05, 3.63) is 35.4 Å². The first-order valence-corrected chi connectivity index (χ1v) is 4.87. The molecule has 1 aromatic carbocycles. The van der Waals surface area contributed by atoms with Gasteiger partial charge in [-0.15, -0.1) is 0 Å². The second-order valence-corrected chi connectivity index (χ2v) is 3.81. The second-order valence-electron chi connectivity index (χ2n) is 3.81. The molecule has 1 rings (SSSR count). The summed E-state index contributed by atoms with van der Waals surface area (Å²) in [5.74, 6) is 0. The maximum Gasteiger partial charge on any atom is 0.403 e. The molecule has 0 fully saturated rings. The van der Waals surface area contributed by atoms with E-state index in [1.165, 1.54) is 0 Å². The predicted octanol–water partition coefficient (Wildman–Crippen LogP) is 2.31. The van der Waals surface area contributed by atoms with Gasteiger partial charge in [-0.2, -0.15) is 13.2 Å². The molecule has 0 amide bonds. The molecule has 90 valence electrons. The average Bonchev–Trinajstić information content (AvgIpc) is 2.17. The van der Waals surface area contributed by atoms with Crippen LogP contribution in [0.3, 0.4) is 0 Å². The number of aliphatic hydroxyl groups excluding tert-OH is 1. The van der Waals surface area contributed by atoms with Gasteiger partial charge in [0.2, 0.25) is 0 Å². The van der Waals surface area contributed by atoms with Crippen LogP contribution < -0.4 is 5.73 Å². The maximum atomic E-state index is 12.2. The molecule has 0 saturated heterocycles. The van der Waals surface area contributed by atoms with Crippen molar-refractivity contribution in [2.45, 2.75) is 31.7 Å². The molecule has 0 unspecified atom stereocenters. The first-order chi connectivity index (χ1) is 7.30. The van der Waals surface area contributed by atoms with Gasteiger partial charge in [-0.25, -0.2) is 0 Å². The Morgan fingerprint density at radius 1 is 1.25 bits per heavy atom. The highest BCUT2D eigenvalue weighted by atomic mass is 19.4. The number of aryl methyl sites for hydroxylation is 1. The molecule has 0 aliphatic rings. The Balaban J connectivity index is 2.65. The molecule has 0 aromatic heterocycles. The Morgan fingerprint density at radius 2 is 1.75 bits per heavy atom. The number of rotatable bonds is 3. The van der Waals surface area contributed by atoms with Gasteiger partial charge in [0.05, 0.1) is 6.10 Å². The highest BCUT2D eigenvalue weighted by molar-refractivity contribution is 5.23. The highest BCUT2D eigenvalue weighted by Crippen LogP contribution is 2.26. The monoisotopic (exact) mass is 233 g/mol. The van der Waals surface area contributed by atoms with Gasteiger partial charge < -0.3 is 10.8 Å². The minimum atomic E-state index is -4.47. The summed E-state index contributed by atoms with van der Waals surface area (Å²) >= 11 is 0. The van der Waals surface area contributed by atoms with E-state index in [1.54, 1.807) is 24.3 Å². The van der Waals surface area contributed by atoms with Crippen molar-refractivity contribution in [1.82, 2.24) is 0 Å².